The Kier molecular flexibility index (Phi) is 5.52. The molecule has 24 heavy (non-hydrogen) atoms. The van der Waals surface area contributed by atoms with Crippen LogP contribution in [0.1, 0.15) is 21.5 Å². The number of hydrogen-bond donors (Lipinski definition) is 1. The number of benzene rings is 2. The quantitative estimate of drug-likeness (QED) is 0.635. The van der Waals surface area contributed by atoms with E-state index in [0.717, 1.165) is 5.56 Å². The van der Waals surface area contributed by atoms with Gasteiger partial charge in [-0.15, -0.1) is 0 Å². The Balaban J connectivity index is 2.26. The number of rotatable bonds is 6. The third kappa shape index (κ3) is 4.32. The number of aryl methyl sites for hydroxylation is 1. The van der Waals surface area contributed by atoms with Crippen LogP contribution in [-0.2, 0) is 0 Å². The van der Waals surface area contributed by atoms with Crippen LogP contribution >= 0.6 is 0 Å². The van der Waals surface area contributed by atoms with Crippen LogP contribution in [0.2, 0.25) is 0 Å². The van der Waals surface area contributed by atoms with E-state index in [9.17, 15) is 18.7 Å². The van der Waals surface area contributed by atoms with Gasteiger partial charge in [-0.25, -0.2) is 0 Å². The van der Waals surface area contributed by atoms with Gasteiger partial charge in [-0.2, -0.15) is 8.78 Å². The molecule has 0 heterocycles. The standard InChI is InChI=1S/C18H16F2O4/c1-11-3-7-16(24-18(19)20)13(9-11)14(21)6-4-12-5-8-17(23-2)15(22)10-12/h3-10,18,22H,1-2H3/b6-4+. The van der Waals surface area contributed by atoms with E-state index < -0.39 is 12.4 Å². The van der Waals surface area contributed by atoms with Gasteiger partial charge in [0, 0.05) is 0 Å². The molecule has 0 spiro atoms. The molecule has 0 aliphatic carbocycles. The Bertz CT molecular complexity index is 770. The number of ether oxygens (including phenoxy) is 2. The van der Waals surface area contributed by atoms with Gasteiger partial charge < -0.3 is 14.6 Å². The zero-order valence-electron chi connectivity index (χ0n) is 13.1. The van der Waals surface area contributed by atoms with Gasteiger partial charge in [-0.05, 0) is 42.8 Å². The number of carbonyl (C=O) groups excluding carboxylic acids is 1. The first-order chi connectivity index (χ1) is 11.4. The molecule has 0 unspecified atom stereocenters. The Hall–Kier alpha value is -2.89. The summed E-state index contributed by atoms with van der Waals surface area (Å²) < 4.78 is 34.2. The van der Waals surface area contributed by atoms with Crippen LogP contribution in [0.5, 0.6) is 17.2 Å². The summed E-state index contributed by atoms with van der Waals surface area (Å²) in [6, 6.07) is 9.03. The highest BCUT2D eigenvalue weighted by Gasteiger charge is 2.14. The van der Waals surface area contributed by atoms with Gasteiger partial charge in [-0.3, -0.25) is 4.79 Å². The maximum Gasteiger partial charge on any atom is 0.387 e. The first-order valence-electron chi connectivity index (χ1n) is 7.05. The number of aromatic hydroxyl groups is 1. The summed E-state index contributed by atoms with van der Waals surface area (Å²) in [5.41, 5.74) is 1.35. The lowest BCUT2D eigenvalue weighted by Gasteiger charge is -2.09. The number of phenolic OH excluding ortho intramolecular Hbond substituents is 1. The van der Waals surface area contributed by atoms with Crippen LogP contribution in [0, 0.1) is 6.92 Å². The number of alkyl halides is 2. The van der Waals surface area contributed by atoms with Crippen LogP contribution < -0.4 is 9.47 Å². The first-order valence-corrected chi connectivity index (χ1v) is 7.05. The summed E-state index contributed by atoms with van der Waals surface area (Å²) in [4.78, 5) is 12.3. The Morgan fingerprint density at radius 3 is 2.50 bits per heavy atom. The maximum absolute atomic E-state index is 12.4. The van der Waals surface area contributed by atoms with Gasteiger partial charge in [0.1, 0.15) is 5.75 Å². The van der Waals surface area contributed by atoms with Gasteiger partial charge in [0.2, 0.25) is 0 Å². The van der Waals surface area contributed by atoms with Crippen molar-refractivity contribution in [3.05, 3.63) is 59.2 Å². The summed E-state index contributed by atoms with van der Waals surface area (Å²) in [7, 11) is 1.43. The minimum absolute atomic E-state index is 0.0456. The fraction of sp³-hybridized carbons (Fsp3) is 0.167. The van der Waals surface area contributed by atoms with Crippen LogP contribution in [0.15, 0.2) is 42.5 Å². The Morgan fingerprint density at radius 1 is 1.17 bits per heavy atom. The molecule has 0 radical (unpaired) electrons. The summed E-state index contributed by atoms with van der Waals surface area (Å²) in [6.07, 6.45) is 2.70. The van der Waals surface area contributed by atoms with E-state index in [2.05, 4.69) is 4.74 Å². The van der Waals surface area contributed by atoms with Gasteiger partial charge >= 0.3 is 6.61 Å². The van der Waals surface area contributed by atoms with Crippen molar-refractivity contribution in [2.75, 3.05) is 7.11 Å². The number of carbonyl (C=O) groups is 1. The average Bonchev–Trinajstić information content (AvgIpc) is 2.54. The number of methoxy groups -OCH3 is 1. The summed E-state index contributed by atoms with van der Waals surface area (Å²) >= 11 is 0. The van der Waals surface area contributed by atoms with Crippen LogP contribution in [0.3, 0.4) is 0 Å². The second-order valence-electron chi connectivity index (χ2n) is 5.01. The maximum atomic E-state index is 12.4. The van der Waals surface area contributed by atoms with Crippen molar-refractivity contribution in [1.82, 2.24) is 0 Å². The number of hydrogen-bond acceptors (Lipinski definition) is 4. The van der Waals surface area contributed by atoms with Crippen molar-refractivity contribution in [2.24, 2.45) is 0 Å². The molecular formula is C18H16F2O4. The lowest BCUT2D eigenvalue weighted by atomic mass is 10.1. The summed E-state index contributed by atoms with van der Waals surface area (Å²) in [6.45, 7) is -1.27. The predicted molar refractivity (Wildman–Crippen MR) is 85.8 cm³/mol. The van der Waals surface area contributed by atoms with Crippen LogP contribution in [0.4, 0.5) is 8.78 Å². The van der Waals surface area contributed by atoms with Crippen molar-refractivity contribution in [2.45, 2.75) is 13.5 Å². The Labute approximate surface area is 138 Å². The third-order valence-corrected chi connectivity index (χ3v) is 3.25. The highest BCUT2D eigenvalue weighted by molar-refractivity contribution is 6.08. The average molecular weight is 334 g/mol. The molecule has 6 heteroatoms. The molecule has 0 saturated carbocycles. The fourth-order valence-corrected chi connectivity index (χ4v) is 2.11. The Morgan fingerprint density at radius 2 is 1.88 bits per heavy atom. The fourth-order valence-electron chi connectivity index (χ4n) is 2.11. The van der Waals surface area contributed by atoms with E-state index in [-0.39, 0.29) is 17.1 Å². The largest absolute Gasteiger partial charge is 0.504 e. The van der Waals surface area contributed by atoms with Gasteiger partial charge in [-0.1, -0.05) is 23.8 Å². The molecule has 126 valence electrons. The van der Waals surface area contributed by atoms with Crippen molar-refractivity contribution < 1.29 is 28.2 Å². The molecule has 0 bridgehead atoms. The number of allylic oxidation sites excluding steroid dienone is 1. The van der Waals surface area contributed by atoms with Crippen LogP contribution in [-0.4, -0.2) is 24.6 Å². The molecule has 0 fully saturated rings. The summed E-state index contributed by atoms with van der Waals surface area (Å²) in [5, 5.41) is 9.71. The molecule has 2 aromatic rings. The zero-order chi connectivity index (χ0) is 17.7. The molecule has 0 aliphatic rings. The molecule has 0 aromatic heterocycles. The molecule has 0 aliphatic heterocycles. The second-order valence-corrected chi connectivity index (χ2v) is 5.01. The monoisotopic (exact) mass is 334 g/mol. The van der Waals surface area contributed by atoms with E-state index in [0.29, 0.717) is 11.3 Å². The third-order valence-electron chi connectivity index (χ3n) is 3.25. The topological polar surface area (TPSA) is 55.8 Å². The minimum Gasteiger partial charge on any atom is -0.504 e. The first kappa shape index (κ1) is 17.5. The lowest BCUT2D eigenvalue weighted by Crippen LogP contribution is -2.07. The second kappa shape index (κ2) is 7.59. The summed E-state index contributed by atoms with van der Waals surface area (Å²) in [5.74, 6) is -0.415. The molecular weight excluding hydrogens is 318 g/mol. The smallest absolute Gasteiger partial charge is 0.387 e. The number of halogens is 2. The number of ketones is 1. The van der Waals surface area contributed by atoms with Crippen molar-refractivity contribution >= 4 is 11.9 Å². The van der Waals surface area contributed by atoms with Gasteiger partial charge in [0.05, 0.1) is 12.7 Å². The van der Waals surface area contributed by atoms with Crippen LogP contribution in [0.25, 0.3) is 6.08 Å². The van der Waals surface area contributed by atoms with E-state index in [4.69, 9.17) is 4.74 Å². The SMILES string of the molecule is COc1ccc(/C=C/C(=O)c2cc(C)ccc2OC(F)F)cc1O. The molecule has 1 N–H and O–H groups in total. The highest BCUT2D eigenvalue weighted by atomic mass is 19.3. The molecule has 4 nitrogen and oxygen atoms in total. The van der Waals surface area contributed by atoms with E-state index >= 15 is 0 Å². The van der Waals surface area contributed by atoms with E-state index in [1.54, 1.807) is 25.1 Å². The zero-order valence-corrected chi connectivity index (χ0v) is 13.1. The molecule has 0 amide bonds. The highest BCUT2D eigenvalue weighted by Crippen LogP contribution is 2.27. The molecule has 0 atom stereocenters. The molecule has 2 aromatic carbocycles. The molecule has 2 rings (SSSR count). The van der Waals surface area contributed by atoms with Crippen molar-refractivity contribution in [3.8, 4) is 17.2 Å². The van der Waals surface area contributed by atoms with E-state index in [1.807, 2.05) is 0 Å². The van der Waals surface area contributed by atoms with Gasteiger partial charge in [0.15, 0.2) is 17.3 Å². The minimum atomic E-state index is -3.01. The normalized spacial score (nSPS) is 11.0. The molecule has 0 saturated heterocycles. The van der Waals surface area contributed by atoms with E-state index in [1.165, 1.54) is 37.5 Å². The van der Waals surface area contributed by atoms with Crippen molar-refractivity contribution in [1.29, 1.82) is 0 Å². The predicted octanol–water partition coefficient (Wildman–Crippen LogP) is 4.21. The van der Waals surface area contributed by atoms with Crippen molar-refractivity contribution in [3.63, 3.8) is 0 Å². The lowest BCUT2D eigenvalue weighted by molar-refractivity contribution is -0.0501. The number of phenols is 1. The van der Waals surface area contributed by atoms with Gasteiger partial charge in [0.25, 0.3) is 0 Å².